The summed E-state index contributed by atoms with van der Waals surface area (Å²) in [5, 5.41) is 3.55. The van der Waals surface area contributed by atoms with Crippen LogP contribution in [-0.2, 0) is 0 Å². The molecular formula is C16H26FN. The van der Waals surface area contributed by atoms with Gasteiger partial charge in [0.15, 0.2) is 0 Å². The fourth-order valence-electron chi connectivity index (χ4n) is 2.27. The predicted octanol–water partition coefficient (Wildman–Crippen LogP) is 4.69. The van der Waals surface area contributed by atoms with Crippen molar-refractivity contribution in [2.45, 2.75) is 59.0 Å². The fraction of sp³-hybridized carbons (Fsp3) is 0.625. The molecule has 0 saturated heterocycles. The van der Waals surface area contributed by atoms with Gasteiger partial charge in [0.25, 0.3) is 0 Å². The van der Waals surface area contributed by atoms with Gasteiger partial charge in [-0.15, -0.1) is 0 Å². The van der Waals surface area contributed by atoms with Gasteiger partial charge in [0.2, 0.25) is 0 Å². The van der Waals surface area contributed by atoms with Crippen LogP contribution < -0.4 is 5.32 Å². The molecule has 1 N–H and O–H groups in total. The zero-order valence-electron chi connectivity index (χ0n) is 12.0. The van der Waals surface area contributed by atoms with Crippen molar-refractivity contribution in [1.29, 1.82) is 0 Å². The summed E-state index contributed by atoms with van der Waals surface area (Å²) in [6.45, 7) is 8.72. The lowest BCUT2D eigenvalue weighted by Crippen LogP contribution is -2.32. The highest BCUT2D eigenvalue weighted by Gasteiger charge is 2.16. The average molecular weight is 251 g/mol. The topological polar surface area (TPSA) is 12.0 Å². The molecule has 2 heteroatoms. The third-order valence-corrected chi connectivity index (χ3v) is 3.73. The molecule has 0 aromatic heterocycles. The molecule has 0 fully saturated rings. The van der Waals surface area contributed by atoms with Crippen LogP contribution in [0.1, 0.15) is 58.6 Å². The highest BCUT2D eigenvalue weighted by atomic mass is 19.1. The second-order valence-corrected chi connectivity index (χ2v) is 5.26. The highest BCUT2D eigenvalue weighted by Crippen LogP contribution is 2.20. The van der Waals surface area contributed by atoms with E-state index in [1.54, 1.807) is 6.07 Å². The molecule has 0 aliphatic rings. The van der Waals surface area contributed by atoms with Crippen LogP contribution in [0.3, 0.4) is 0 Å². The van der Waals surface area contributed by atoms with Gasteiger partial charge in [0, 0.05) is 17.6 Å². The smallest absolute Gasteiger partial charge is 0.127 e. The Kier molecular flexibility index (Phi) is 6.34. The minimum absolute atomic E-state index is 0.0696. The number of hydrogen-bond donors (Lipinski definition) is 1. The van der Waals surface area contributed by atoms with Crippen molar-refractivity contribution >= 4 is 0 Å². The molecule has 0 aliphatic heterocycles. The molecule has 1 aromatic rings. The van der Waals surface area contributed by atoms with Crippen molar-refractivity contribution < 1.29 is 4.39 Å². The SMILES string of the molecule is CCC(C)CC(CC)N[C@H](C)c1ccccc1F. The van der Waals surface area contributed by atoms with Crippen LogP contribution in [0.5, 0.6) is 0 Å². The summed E-state index contributed by atoms with van der Waals surface area (Å²) in [4.78, 5) is 0. The molecule has 0 bridgehead atoms. The van der Waals surface area contributed by atoms with E-state index in [0.717, 1.165) is 24.3 Å². The van der Waals surface area contributed by atoms with Crippen molar-refractivity contribution in [3.05, 3.63) is 35.6 Å². The molecule has 1 rings (SSSR count). The lowest BCUT2D eigenvalue weighted by molar-refractivity contribution is 0.355. The number of nitrogens with one attached hydrogen (secondary N) is 1. The van der Waals surface area contributed by atoms with Crippen molar-refractivity contribution in [3.63, 3.8) is 0 Å². The molecular weight excluding hydrogens is 225 g/mol. The first kappa shape index (κ1) is 15.2. The lowest BCUT2D eigenvalue weighted by atomic mass is 9.96. The van der Waals surface area contributed by atoms with Gasteiger partial charge in [-0.1, -0.05) is 45.4 Å². The maximum atomic E-state index is 13.7. The molecule has 0 saturated carbocycles. The Morgan fingerprint density at radius 2 is 1.78 bits per heavy atom. The van der Waals surface area contributed by atoms with Gasteiger partial charge in [0.05, 0.1) is 0 Å². The molecule has 3 atom stereocenters. The molecule has 0 amide bonds. The van der Waals surface area contributed by atoms with E-state index in [4.69, 9.17) is 0 Å². The monoisotopic (exact) mass is 251 g/mol. The fourth-order valence-corrected chi connectivity index (χ4v) is 2.27. The summed E-state index contributed by atoms with van der Waals surface area (Å²) in [6.07, 6.45) is 3.45. The van der Waals surface area contributed by atoms with Crippen molar-refractivity contribution in [2.24, 2.45) is 5.92 Å². The largest absolute Gasteiger partial charge is 0.307 e. The van der Waals surface area contributed by atoms with E-state index < -0.39 is 0 Å². The van der Waals surface area contributed by atoms with Gasteiger partial charge in [-0.25, -0.2) is 4.39 Å². The maximum Gasteiger partial charge on any atom is 0.127 e. The summed E-state index contributed by atoms with van der Waals surface area (Å²) in [6, 6.07) is 7.56. The van der Waals surface area contributed by atoms with E-state index >= 15 is 0 Å². The minimum Gasteiger partial charge on any atom is -0.307 e. The Labute approximate surface area is 111 Å². The molecule has 0 heterocycles. The first-order chi connectivity index (χ1) is 8.58. The molecule has 2 unspecified atom stereocenters. The van der Waals surface area contributed by atoms with Crippen molar-refractivity contribution in [1.82, 2.24) is 5.32 Å². The molecule has 1 nitrogen and oxygen atoms in total. The zero-order valence-corrected chi connectivity index (χ0v) is 12.0. The van der Waals surface area contributed by atoms with Gasteiger partial charge >= 0.3 is 0 Å². The molecule has 0 radical (unpaired) electrons. The van der Waals surface area contributed by atoms with E-state index in [9.17, 15) is 4.39 Å². The van der Waals surface area contributed by atoms with Crippen LogP contribution in [0.2, 0.25) is 0 Å². The first-order valence-corrected chi connectivity index (χ1v) is 7.08. The molecule has 0 spiro atoms. The van der Waals surface area contributed by atoms with Crippen molar-refractivity contribution in [3.8, 4) is 0 Å². The van der Waals surface area contributed by atoms with E-state index in [0.29, 0.717) is 6.04 Å². The van der Waals surface area contributed by atoms with E-state index in [-0.39, 0.29) is 11.9 Å². The quantitative estimate of drug-likeness (QED) is 0.741. The molecule has 1 aromatic carbocycles. The second-order valence-electron chi connectivity index (χ2n) is 5.26. The Morgan fingerprint density at radius 3 is 2.33 bits per heavy atom. The second kappa shape index (κ2) is 7.52. The Hall–Kier alpha value is -0.890. The summed E-state index contributed by atoms with van der Waals surface area (Å²) in [5.41, 5.74) is 0.764. The zero-order chi connectivity index (χ0) is 13.5. The van der Waals surface area contributed by atoms with Gasteiger partial charge in [-0.2, -0.15) is 0 Å². The predicted molar refractivity (Wildman–Crippen MR) is 76.1 cm³/mol. The van der Waals surface area contributed by atoms with E-state index in [1.807, 2.05) is 19.1 Å². The number of halogens is 1. The third-order valence-electron chi connectivity index (χ3n) is 3.73. The first-order valence-electron chi connectivity index (χ1n) is 7.08. The molecule has 102 valence electrons. The molecule has 0 aliphatic carbocycles. The summed E-state index contributed by atoms with van der Waals surface area (Å²) >= 11 is 0. The van der Waals surface area contributed by atoms with Crippen LogP contribution in [0, 0.1) is 11.7 Å². The Morgan fingerprint density at radius 1 is 1.11 bits per heavy atom. The standard InChI is InChI=1S/C16H26FN/c1-5-12(3)11-14(6-2)18-13(4)15-9-7-8-10-16(15)17/h7-10,12-14,18H,5-6,11H2,1-4H3/t12?,13-,14?/m1/s1. The van der Waals surface area contributed by atoms with E-state index in [1.165, 1.54) is 12.5 Å². The molecule has 18 heavy (non-hydrogen) atoms. The number of rotatable bonds is 7. The minimum atomic E-state index is -0.115. The van der Waals surface area contributed by atoms with E-state index in [2.05, 4.69) is 26.1 Å². The highest BCUT2D eigenvalue weighted by molar-refractivity contribution is 5.20. The third kappa shape index (κ3) is 4.41. The Balaban J connectivity index is 2.62. The lowest BCUT2D eigenvalue weighted by Gasteiger charge is -2.25. The van der Waals surface area contributed by atoms with Gasteiger partial charge in [-0.05, 0) is 31.7 Å². The van der Waals surface area contributed by atoms with Crippen LogP contribution in [0.25, 0.3) is 0 Å². The van der Waals surface area contributed by atoms with Crippen LogP contribution in [0.15, 0.2) is 24.3 Å². The summed E-state index contributed by atoms with van der Waals surface area (Å²) in [7, 11) is 0. The maximum absolute atomic E-state index is 13.7. The number of hydrogen-bond acceptors (Lipinski definition) is 1. The number of benzene rings is 1. The van der Waals surface area contributed by atoms with Crippen molar-refractivity contribution in [2.75, 3.05) is 0 Å². The Bertz CT molecular complexity index is 351. The normalized spacial score (nSPS) is 16.3. The van der Waals surface area contributed by atoms with Crippen LogP contribution in [-0.4, -0.2) is 6.04 Å². The van der Waals surface area contributed by atoms with Gasteiger partial charge in [0.1, 0.15) is 5.82 Å². The van der Waals surface area contributed by atoms with Gasteiger partial charge in [-0.3, -0.25) is 0 Å². The van der Waals surface area contributed by atoms with Crippen LogP contribution in [0.4, 0.5) is 4.39 Å². The summed E-state index contributed by atoms with van der Waals surface area (Å²) in [5.74, 6) is 0.603. The van der Waals surface area contributed by atoms with Gasteiger partial charge < -0.3 is 5.32 Å². The van der Waals surface area contributed by atoms with Crippen LogP contribution >= 0.6 is 0 Å². The summed E-state index contributed by atoms with van der Waals surface area (Å²) < 4.78 is 13.7. The average Bonchev–Trinajstić information content (AvgIpc) is 2.38.